The van der Waals surface area contributed by atoms with Crippen molar-refractivity contribution in [1.82, 2.24) is 24.5 Å². The van der Waals surface area contributed by atoms with Crippen molar-refractivity contribution in [3.63, 3.8) is 0 Å². The fourth-order valence-corrected chi connectivity index (χ4v) is 3.61. The molecule has 27 heavy (non-hydrogen) atoms. The molecule has 0 radical (unpaired) electrons. The molecule has 0 saturated heterocycles. The molecule has 144 valence electrons. The number of rotatable bonds is 5. The van der Waals surface area contributed by atoms with E-state index >= 15 is 0 Å². The highest BCUT2D eigenvalue weighted by atomic mass is 35.5. The third-order valence-corrected chi connectivity index (χ3v) is 4.90. The Morgan fingerprint density at radius 1 is 1.30 bits per heavy atom. The first-order valence-electron chi connectivity index (χ1n) is 7.73. The monoisotopic (exact) mass is 412 g/mol. The van der Waals surface area contributed by atoms with E-state index in [0.29, 0.717) is 11.4 Å². The van der Waals surface area contributed by atoms with Gasteiger partial charge in [0.15, 0.2) is 10.8 Å². The maximum atomic E-state index is 11.4. The molecule has 0 aliphatic carbocycles. The zero-order valence-corrected chi connectivity index (χ0v) is 16.3. The van der Waals surface area contributed by atoms with Crippen LogP contribution < -0.4 is 10.5 Å². The maximum absolute atomic E-state index is 11.4. The molecule has 3 aromatic heterocycles. The number of halogens is 1. The van der Waals surface area contributed by atoms with Crippen LogP contribution in [0.4, 0.5) is 5.95 Å². The van der Waals surface area contributed by atoms with Gasteiger partial charge < -0.3 is 15.0 Å². The van der Waals surface area contributed by atoms with Gasteiger partial charge in [-0.05, 0) is 13.8 Å². The van der Waals surface area contributed by atoms with Gasteiger partial charge in [-0.3, -0.25) is 9.54 Å². The minimum Gasteiger partial charge on any atom is -0.496 e. The molecule has 0 amide bonds. The Morgan fingerprint density at radius 3 is 2.63 bits per heavy atom. The standard InChI is InChI=1S/C15H17ClN6O4S/c1-7-4-18-9(8(2)12(7)26-3)5-22-10(6-27(23,24)25)19-11-13(16)20-15(17)21-14(11)22/h4H,5-6H2,1-3H3,(H2,17,20,21)(H,23,24,25). The average molecular weight is 413 g/mol. The summed E-state index contributed by atoms with van der Waals surface area (Å²) < 4.78 is 39.0. The van der Waals surface area contributed by atoms with E-state index in [4.69, 9.17) is 22.1 Å². The van der Waals surface area contributed by atoms with Crippen molar-refractivity contribution in [2.45, 2.75) is 26.1 Å². The Kier molecular flexibility index (Phi) is 4.93. The second kappa shape index (κ2) is 6.91. The predicted octanol–water partition coefficient (Wildman–Crippen LogP) is 1.52. The number of nitrogens with two attached hydrogens (primary N) is 1. The third kappa shape index (κ3) is 3.80. The quantitative estimate of drug-likeness (QED) is 0.470. The van der Waals surface area contributed by atoms with Gasteiger partial charge in [0.05, 0.1) is 19.3 Å². The predicted molar refractivity (Wildman–Crippen MR) is 99.4 cm³/mol. The number of nitrogens with zero attached hydrogens (tertiary/aromatic N) is 5. The Hall–Kier alpha value is -2.50. The largest absolute Gasteiger partial charge is 0.496 e. The van der Waals surface area contributed by atoms with Crippen molar-refractivity contribution in [2.24, 2.45) is 0 Å². The highest BCUT2D eigenvalue weighted by Gasteiger charge is 2.22. The van der Waals surface area contributed by atoms with Crippen molar-refractivity contribution in [1.29, 1.82) is 0 Å². The molecular weight excluding hydrogens is 396 g/mol. The van der Waals surface area contributed by atoms with Gasteiger partial charge in [0, 0.05) is 17.3 Å². The number of imidazole rings is 1. The van der Waals surface area contributed by atoms with Crippen LogP contribution in [0.2, 0.25) is 5.15 Å². The van der Waals surface area contributed by atoms with Crippen LogP contribution >= 0.6 is 11.6 Å². The van der Waals surface area contributed by atoms with E-state index in [1.165, 1.54) is 4.57 Å². The molecule has 12 heteroatoms. The lowest BCUT2D eigenvalue weighted by atomic mass is 10.1. The molecule has 0 aliphatic rings. The second-order valence-electron chi connectivity index (χ2n) is 5.93. The third-order valence-electron chi connectivity index (χ3n) is 4.02. The normalized spacial score (nSPS) is 11.9. The van der Waals surface area contributed by atoms with Gasteiger partial charge in [-0.1, -0.05) is 11.6 Å². The lowest BCUT2D eigenvalue weighted by Gasteiger charge is -2.14. The fraction of sp³-hybridized carbons (Fsp3) is 0.333. The Morgan fingerprint density at radius 2 is 2.00 bits per heavy atom. The summed E-state index contributed by atoms with van der Waals surface area (Å²) in [7, 11) is -2.78. The summed E-state index contributed by atoms with van der Waals surface area (Å²) in [6.07, 6.45) is 1.65. The molecular formula is C15H17ClN6O4S. The van der Waals surface area contributed by atoms with Crippen LogP contribution in [0.15, 0.2) is 6.20 Å². The van der Waals surface area contributed by atoms with Crippen molar-refractivity contribution in [3.8, 4) is 5.75 Å². The highest BCUT2D eigenvalue weighted by Crippen LogP contribution is 2.27. The number of hydrogen-bond donors (Lipinski definition) is 2. The summed E-state index contributed by atoms with van der Waals surface area (Å²) in [6.45, 7) is 3.83. The number of anilines is 1. The molecule has 3 aromatic rings. The molecule has 3 heterocycles. The van der Waals surface area contributed by atoms with Crippen LogP contribution in [0, 0.1) is 13.8 Å². The molecule has 0 unspecified atom stereocenters. The topological polar surface area (TPSA) is 146 Å². The molecule has 0 saturated carbocycles. The van der Waals surface area contributed by atoms with Crippen molar-refractivity contribution < 1.29 is 17.7 Å². The summed E-state index contributed by atoms with van der Waals surface area (Å²) in [5, 5.41) is -0.0148. The number of hydrogen-bond acceptors (Lipinski definition) is 8. The van der Waals surface area contributed by atoms with E-state index in [-0.39, 0.29) is 34.6 Å². The van der Waals surface area contributed by atoms with Crippen LogP contribution in [-0.2, 0) is 22.4 Å². The molecule has 3 rings (SSSR count). The van der Waals surface area contributed by atoms with E-state index in [1.54, 1.807) is 13.3 Å². The Balaban J connectivity index is 2.22. The first-order valence-corrected chi connectivity index (χ1v) is 9.71. The van der Waals surface area contributed by atoms with Gasteiger partial charge in [0.2, 0.25) is 5.95 Å². The van der Waals surface area contributed by atoms with Crippen molar-refractivity contribution in [3.05, 3.63) is 34.0 Å². The number of fused-ring (bicyclic) bond motifs is 1. The Bertz CT molecular complexity index is 1150. The van der Waals surface area contributed by atoms with Crippen LogP contribution in [0.1, 0.15) is 22.6 Å². The molecule has 10 nitrogen and oxygen atoms in total. The van der Waals surface area contributed by atoms with E-state index in [0.717, 1.165) is 11.1 Å². The van der Waals surface area contributed by atoms with Crippen LogP contribution in [0.5, 0.6) is 5.75 Å². The summed E-state index contributed by atoms with van der Waals surface area (Å²) in [5.74, 6) is -0.0945. The molecule has 0 fully saturated rings. The zero-order chi connectivity index (χ0) is 19.9. The lowest BCUT2D eigenvalue weighted by molar-refractivity contribution is 0.406. The maximum Gasteiger partial charge on any atom is 0.272 e. The van der Waals surface area contributed by atoms with Gasteiger partial charge in [0.25, 0.3) is 10.1 Å². The summed E-state index contributed by atoms with van der Waals surface area (Å²) in [5.41, 5.74) is 8.35. The number of methoxy groups -OCH3 is 1. The molecule has 0 bridgehead atoms. The van der Waals surface area contributed by atoms with Crippen molar-refractivity contribution >= 4 is 38.8 Å². The van der Waals surface area contributed by atoms with E-state index < -0.39 is 15.9 Å². The van der Waals surface area contributed by atoms with Crippen LogP contribution in [0.3, 0.4) is 0 Å². The lowest BCUT2D eigenvalue weighted by Crippen LogP contribution is -2.13. The van der Waals surface area contributed by atoms with Gasteiger partial charge in [-0.15, -0.1) is 0 Å². The smallest absolute Gasteiger partial charge is 0.272 e. The van der Waals surface area contributed by atoms with Gasteiger partial charge in [0.1, 0.15) is 22.8 Å². The van der Waals surface area contributed by atoms with Gasteiger partial charge in [-0.25, -0.2) is 4.98 Å². The minimum atomic E-state index is -4.34. The van der Waals surface area contributed by atoms with E-state index in [1.807, 2.05) is 13.8 Å². The second-order valence-corrected chi connectivity index (χ2v) is 7.74. The van der Waals surface area contributed by atoms with Gasteiger partial charge in [-0.2, -0.15) is 18.4 Å². The van der Waals surface area contributed by atoms with Crippen molar-refractivity contribution in [2.75, 3.05) is 12.8 Å². The molecule has 0 spiro atoms. The highest BCUT2D eigenvalue weighted by molar-refractivity contribution is 7.84. The summed E-state index contributed by atoms with van der Waals surface area (Å²) in [4.78, 5) is 16.5. The number of nitrogen functional groups attached to an aromatic ring is 1. The number of aromatic nitrogens is 5. The summed E-state index contributed by atoms with van der Waals surface area (Å²) >= 11 is 6.07. The van der Waals surface area contributed by atoms with Crippen LogP contribution in [0.25, 0.3) is 11.2 Å². The molecule has 0 aliphatic heterocycles. The average Bonchev–Trinajstić information content (AvgIpc) is 2.87. The zero-order valence-electron chi connectivity index (χ0n) is 14.8. The minimum absolute atomic E-state index is 0.0148. The SMILES string of the molecule is COc1c(C)cnc(Cn2c(CS(=O)(=O)O)nc3c(Cl)nc(N)nc32)c1C. The van der Waals surface area contributed by atoms with Crippen LogP contribution in [-0.4, -0.2) is 44.6 Å². The number of pyridine rings is 1. The van der Waals surface area contributed by atoms with E-state index in [9.17, 15) is 13.0 Å². The molecule has 0 atom stereocenters. The van der Waals surface area contributed by atoms with E-state index in [2.05, 4.69) is 19.9 Å². The first kappa shape index (κ1) is 19.3. The number of aryl methyl sites for hydroxylation is 1. The number of ether oxygens (including phenoxy) is 1. The fourth-order valence-electron chi connectivity index (χ4n) is 2.85. The molecule has 0 aromatic carbocycles. The Labute approximate surface area is 160 Å². The molecule has 3 N–H and O–H groups in total. The van der Waals surface area contributed by atoms with Gasteiger partial charge >= 0.3 is 0 Å². The summed E-state index contributed by atoms with van der Waals surface area (Å²) in [6, 6.07) is 0. The first-order chi connectivity index (χ1) is 12.6.